The van der Waals surface area contributed by atoms with Gasteiger partial charge in [-0.2, -0.15) is 0 Å². The molecule has 1 atom stereocenters. The van der Waals surface area contributed by atoms with Crippen molar-refractivity contribution in [3.8, 4) is 0 Å². The molecule has 0 saturated carbocycles. The third-order valence-corrected chi connectivity index (χ3v) is 3.73. The Balaban J connectivity index is 1.96. The van der Waals surface area contributed by atoms with Crippen LogP contribution >= 0.6 is 11.6 Å². The van der Waals surface area contributed by atoms with Gasteiger partial charge in [-0.15, -0.1) is 0 Å². The highest BCUT2D eigenvalue weighted by Gasteiger charge is 2.11. The van der Waals surface area contributed by atoms with Gasteiger partial charge < -0.3 is 0 Å². The van der Waals surface area contributed by atoms with Crippen molar-refractivity contribution in [1.29, 1.82) is 0 Å². The molecule has 0 N–H and O–H groups in total. The van der Waals surface area contributed by atoms with E-state index in [-0.39, 0.29) is 6.04 Å². The molecule has 3 rings (SSSR count). The minimum absolute atomic E-state index is 0.0290. The van der Waals surface area contributed by atoms with Gasteiger partial charge in [0.1, 0.15) is 0 Å². The normalized spacial score (nSPS) is 12.4. The third kappa shape index (κ3) is 3.63. The van der Waals surface area contributed by atoms with Gasteiger partial charge in [-0.05, 0) is 28.8 Å². The smallest absolute Gasteiger partial charge is 0.0999 e. The standard InChI is InChI=1S/C20H16ClN/c21-19-13-11-18(12-14-19)20(17-9-5-2-6-10-17)22-15-16-7-3-1-4-8-16/h1-15,20H. The van der Waals surface area contributed by atoms with Crippen molar-refractivity contribution in [2.75, 3.05) is 0 Å². The summed E-state index contributed by atoms with van der Waals surface area (Å²) >= 11 is 6.00. The summed E-state index contributed by atoms with van der Waals surface area (Å²) in [6, 6.07) is 28.3. The van der Waals surface area contributed by atoms with Crippen LogP contribution in [-0.2, 0) is 0 Å². The maximum absolute atomic E-state index is 6.00. The molecule has 0 aliphatic rings. The molecular weight excluding hydrogens is 290 g/mol. The molecular formula is C20H16ClN. The highest BCUT2D eigenvalue weighted by atomic mass is 35.5. The van der Waals surface area contributed by atoms with E-state index in [1.165, 1.54) is 0 Å². The number of benzene rings is 3. The van der Waals surface area contributed by atoms with Crippen molar-refractivity contribution in [3.05, 3.63) is 107 Å². The zero-order chi connectivity index (χ0) is 15.2. The molecule has 22 heavy (non-hydrogen) atoms. The average molecular weight is 306 g/mol. The lowest BCUT2D eigenvalue weighted by Gasteiger charge is -2.13. The molecule has 0 radical (unpaired) electrons. The molecule has 108 valence electrons. The van der Waals surface area contributed by atoms with Crippen molar-refractivity contribution >= 4 is 17.8 Å². The lowest BCUT2D eigenvalue weighted by atomic mass is 9.99. The predicted molar refractivity (Wildman–Crippen MR) is 93.8 cm³/mol. The number of aliphatic imine (C=N–C) groups is 1. The summed E-state index contributed by atoms with van der Waals surface area (Å²) in [5, 5.41) is 0.739. The second-order valence-corrected chi connectivity index (χ2v) is 5.49. The van der Waals surface area contributed by atoms with Gasteiger partial charge in [0.15, 0.2) is 0 Å². The SMILES string of the molecule is Clc1ccc(C(N=Cc2ccccc2)c2ccccc2)cc1. The van der Waals surface area contributed by atoms with E-state index in [0.717, 1.165) is 21.7 Å². The number of rotatable bonds is 4. The van der Waals surface area contributed by atoms with Crippen molar-refractivity contribution < 1.29 is 0 Å². The third-order valence-electron chi connectivity index (χ3n) is 3.47. The van der Waals surface area contributed by atoms with Gasteiger partial charge >= 0.3 is 0 Å². The topological polar surface area (TPSA) is 12.4 Å². The van der Waals surface area contributed by atoms with Crippen LogP contribution < -0.4 is 0 Å². The maximum Gasteiger partial charge on any atom is 0.0999 e. The Morgan fingerprint density at radius 2 is 1.23 bits per heavy atom. The molecule has 1 unspecified atom stereocenters. The Bertz CT molecular complexity index is 734. The van der Waals surface area contributed by atoms with E-state index in [1.54, 1.807) is 0 Å². The molecule has 0 aromatic heterocycles. The Morgan fingerprint density at radius 3 is 1.86 bits per heavy atom. The van der Waals surface area contributed by atoms with E-state index in [2.05, 4.69) is 12.1 Å². The summed E-state index contributed by atoms with van der Waals surface area (Å²) in [6.07, 6.45) is 1.92. The fourth-order valence-electron chi connectivity index (χ4n) is 2.34. The van der Waals surface area contributed by atoms with Gasteiger partial charge in [0.05, 0.1) is 6.04 Å². The van der Waals surface area contributed by atoms with Crippen LogP contribution in [0.3, 0.4) is 0 Å². The molecule has 2 heteroatoms. The highest BCUT2D eigenvalue weighted by molar-refractivity contribution is 6.30. The van der Waals surface area contributed by atoms with Gasteiger partial charge in [-0.1, -0.05) is 84.4 Å². The summed E-state index contributed by atoms with van der Waals surface area (Å²) < 4.78 is 0. The largest absolute Gasteiger partial charge is 0.280 e. The van der Waals surface area contributed by atoms with Crippen molar-refractivity contribution in [3.63, 3.8) is 0 Å². The fraction of sp³-hybridized carbons (Fsp3) is 0.0500. The van der Waals surface area contributed by atoms with Crippen LogP contribution in [0.5, 0.6) is 0 Å². The summed E-state index contributed by atoms with van der Waals surface area (Å²) in [7, 11) is 0. The highest BCUT2D eigenvalue weighted by Crippen LogP contribution is 2.27. The molecule has 3 aromatic rings. The first-order valence-electron chi connectivity index (χ1n) is 7.21. The molecule has 0 amide bonds. The van der Waals surface area contributed by atoms with Crippen LogP contribution in [-0.4, -0.2) is 6.21 Å². The number of hydrogen-bond donors (Lipinski definition) is 0. The Hall–Kier alpha value is -2.38. The van der Waals surface area contributed by atoms with Crippen LogP contribution in [0.4, 0.5) is 0 Å². The predicted octanol–water partition coefficient (Wildman–Crippen LogP) is 5.55. The van der Waals surface area contributed by atoms with E-state index in [4.69, 9.17) is 16.6 Å². The van der Waals surface area contributed by atoms with E-state index < -0.39 is 0 Å². The van der Waals surface area contributed by atoms with Crippen molar-refractivity contribution in [2.24, 2.45) is 4.99 Å². The summed E-state index contributed by atoms with van der Waals surface area (Å²) in [6.45, 7) is 0. The van der Waals surface area contributed by atoms with Gasteiger partial charge in [-0.25, -0.2) is 0 Å². The van der Waals surface area contributed by atoms with Crippen molar-refractivity contribution in [2.45, 2.75) is 6.04 Å². The zero-order valence-electron chi connectivity index (χ0n) is 12.1. The average Bonchev–Trinajstić information content (AvgIpc) is 2.58. The first kappa shape index (κ1) is 14.6. The first-order valence-corrected chi connectivity index (χ1v) is 7.59. The second kappa shape index (κ2) is 7.06. The number of hydrogen-bond acceptors (Lipinski definition) is 1. The van der Waals surface area contributed by atoms with Crippen LogP contribution in [0, 0.1) is 0 Å². The van der Waals surface area contributed by atoms with E-state index in [0.29, 0.717) is 0 Å². The Kier molecular flexibility index (Phi) is 4.67. The Morgan fingerprint density at radius 1 is 0.682 bits per heavy atom. The van der Waals surface area contributed by atoms with Gasteiger partial charge in [0.2, 0.25) is 0 Å². The summed E-state index contributed by atoms with van der Waals surface area (Å²) in [5.41, 5.74) is 3.39. The summed E-state index contributed by atoms with van der Waals surface area (Å²) in [5.74, 6) is 0. The minimum Gasteiger partial charge on any atom is -0.280 e. The molecule has 0 aliphatic heterocycles. The van der Waals surface area contributed by atoms with Crippen molar-refractivity contribution in [1.82, 2.24) is 0 Å². The van der Waals surface area contributed by atoms with Gasteiger partial charge in [0, 0.05) is 11.2 Å². The first-order chi connectivity index (χ1) is 10.8. The van der Waals surface area contributed by atoms with Gasteiger partial charge in [0.25, 0.3) is 0 Å². The van der Waals surface area contributed by atoms with Crippen LogP contribution in [0.15, 0.2) is 89.9 Å². The molecule has 0 fully saturated rings. The lowest BCUT2D eigenvalue weighted by molar-refractivity contribution is 0.878. The monoisotopic (exact) mass is 305 g/mol. The minimum atomic E-state index is -0.0290. The molecule has 0 spiro atoms. The molecule has 3 aromatic carbocycles. The van der Waals surface area contributed by atoms with Crippen LogP contribution in [0.2, 0.25) is 5.02 Å². The number of nitrogens with zero attached hydrogens (tertiary/aromatic N) is 1. The van der Waals surface area contributed by atoms with E-state index in [1.807, 2.05) is 79.0 Å². The summed E-state index contributed by atoms with van der Waals surface area (Å²) in [4.78, 5) is 4.80. The fourth-order valence-corrected chi connectivity index (χ4v) is 2.47. The zero-order valence-corrected chi connectivity index (χ0v) is 12.8. The van der Waals surface area contributed by atoms with Crippen LogP contribution in [0.1, 0.15) is 22.7 Å². The maximum atomic E-state index is 6.00. The second-order valence-electron chi connectivity index (χ2n) is 5.05. The molecule has 1 nitrogen and oxygen atoms in total. The van der Waals surface area contributed by atoms with E-state index in [9.17, 15) is 0 Å². The van der Waals surface area contributed by atoms with Gasteiger partial charge in [-0.3, -0.25) is 4.99 Å². The molecule has 0 aliphatic carbocycles. The number of halogens is 1. The molecule has 0 bridgehead atoms. The lowest BCUT2D eigenvalue weighted by Crippen LogP contribution is -1.98. The molecule has 0 saturated heterocycles. The Labute approximate surface area is 135 Å². The molecule has 0 heterocycles. The van der Waals surface area contributed by atoms with Crippen LogP contribution in [0.25, 0.3) is 0 Å². The quantitative estimate of drug-likeness (QED) is 0.560. The van der Waals surface area contributed by atoms with E-state index >= 15 is 0 Å².